The molecule has 0 saturated heterocycles. The van der Waals surface area contributed by atoms with Gasteiger partial charge in [0.15, 0.2) is 0 Å². The van der Waals surface area contributed by atoms with Crippen LogP contribution in [0.15, 0.2) is 35.2 Å². The third-order valence-corrected chi connectivity index (χ3v) is 3.15. The Morgan fingerprint density at radius 2 is 2.29 bits per heavy atom. The Labute approximate surface area is 105 Å². The minimum atomic E-state index is 0.0295. The van der Waals surface area contributed by atoms with Crippen LogP contribution < -0.4 is 5.32 Å². The van der Waals surface area contributed by atoms with Crippen molar-refractivity contribution < 1.29 is 4.79 Å². The van der Waals surface area contributed by atoms with Crippen molar-refractivity contribution in [3.8, 4) is 0 Å². The van der Waals surface area contributed by atoms with Crippen LogP contribution in [0.25, 0.3) is 0 Å². The summed E-state index contributed by atoms with van der Waals surface area (Å²) in [6, 6.07) is 5.80. The molecule has 0 fully saturated rings. The molecule has 4 heteroatoms. The van der Waals surface area contributed by atoms with Crippen molar-refractivity contribution in [1.82, 2.24) is 4.98 Å². The summed E-state index contributed by atoms with van der Waals surface area (Å²) in [7, 11) is 0. The number of nitrogens with zero attached hydrogens (tertiary/aromatic N) is 1. The van der Waals surface area contributed by atoms with Gasteiger partial charge in [0.05, 0.1) is 11.9 Å². The number of aromatic nitrogens is 1. The zero-order chi connectivity index (χ0) is 12.1. The molecule has 0 unspecified atom stereocenters. The molecule has 0 aliphatic carbocycles. The highest BCUT2D eigenvalue weighted by Crippen LogP contribution is 2.10. The highest BCUT2D eigenvalue weighted by atomic mass is 32.1. The number of nitrogens with one attached hydrogen (secondary N) is 1. The van der Waals surface area contributed by atoms with Gasteiger partial charge in [0.25, 0.3) is 0 Å². The fourth-order valence-corrected chi connectivity index (χ4v) is 2.16. The average molecular weight is 246 g/mol. The molecule has 0 aliphatic heterocycles. The van der Waals surface area contributed by atoms with Crippen molar-refractivity contribution in [2.45, 2.75) is 19.8 Å². The second kappa shape index (κ2) is 5.59. The van der Waals surface area contributed by atoms with E-state index >= 15 is 0 Å². The van der Waals surface area contributed by atoms with E-state index in [1.165, 1.54) is 5.56 Å². The van der Waals surface area contributed by atoms with Gasteiger partial charge in [-0.05, 0) is 47.9 Å². The molecule has 2 rings (SSSR count). The zero-order valence-corrected chi connectivity index (χ0v) is 10.5. The highest BCUT2D eigenvalue weighted by Gasteiger charge is 2.03. The van der Waals surface area contributed by atoms with Gasteiger partial charge in [-0.25, -0.2) is 0 Å². The van der Waals surface area contributed by atoms with Crippen molar-refractivity contribution in [3.63, 3.8) is 0 Å². The van der Waals surface area contributed by atoms with E-state index in [1.54, 1.807) is 17.5 Å². The van der Waals surface area contributed by atoms with Crippen molar-refractivity contribution in [2.24, 2.45) is 0 Å². The highest BCUT2D eigenvalue weighted by molar-refractivity contribution is 7.07. The van der Waals surface area contributed by atoms with Gasteiger partial charge in [0.2, 0.25) is 5.91 Å². The Bertz CT molecular complexity index is 477. The van der Waals surface area contributed by atoms with E-state index in [0.717, 1.165) is 17.8 Å². The number of rotatable bonds is 4. The molecule has 2 aromatic heterocycles. The largest absolute Gasteiger partial charge is 0.325 e. The lowest BCUT2D eigenvalue weighted by Gasteiger charge is -2.04. The molecule has 1 N–H and O–H groups in total. The smallest absolute Gasteiger partial charge is 0.224 e. The van der Waals surface area contributed by atoms with Crippen LogP contribution in [0.2, 0.25) is 0 Å². The van der Waals surface area contributed by atoms with Crippen LogP contribution >= 0.6 is 11.3 Å². The Balaban J connectivity index is 1.83. The van der Waals surface area contributed by atoms with Gasteiger partial charge < -0.3 is 5.32 Å². The third-order valence-electron chi connectivity index (χ3n) is 2.42. The predicted octanol–water partition coefficient (Wildman–Crippen LogP) is 3.02. The molecular weight excluding hydrogens is 232 g/mol. The van der Waals surface area contributed by atoms with Crippen molar-refractivity contribution in [1.29, 1.82) is 0 Å². The fourth-order valence-electron chi connectivity index (χ4n) is 1.46. The molecule has 2 aromatic rings. The summed E-state index contributed by atoms with van der Waals surface area (Å²) in [5.74, 6) is 0.0295. The van der Waals surface area contributed by atoms with Gasteiger partial charge >= 0.3 is 0 Å². The average Bonchev–Trinajstić information content (AvgIpc) is 2.83. The van der Waals surface area contributed by atoms with E-state index < -0.39 is 0 Å². The number of carbonyl (C=O) groups excluding carboxylic acids is 1. The van der Waals surface area contributed by atoms with E-state index in [2.05, 4.69) is 15.7 Å². The first-order valence-electron chi connectivity index (χ1n) is 5.47. The number of amides is 1. The van der Waals surface area contributed by atoms with E-state index in [1.807, 2.05) is 30.5 Å². The summed E-state index contributed by atoms with van der Waals surface area (Å²) >= 11 is 1.66. The van der Waals surface area contributed by atoms with Gasteiger partial charge in [0, 0.05) is 12.1 Å². The molecule has 0 atom stereocenters. The maximum atomic E-state index is 11.7. The first-order valence-corrected chi connectivity index (χ1v) is 6.42. The first kappa shape index (κ1) is 11.8. The number of pyridine rings is 1. The lowest BCUT2D eigenvalue weighted by molar-refractivity contribution is -0.116. The Kier molecular flexibility index (Phi) is 3.88. The SMILES string of the molecule is Cc1ccc(NC(=O)CCc2ccsc2)cn1. The topological polar surface area (TPSA) is 42.0 Å². The minimum Gasteiger partial charge on any atom is -0.325 e. The van der Waals surface area contributed by atoms with Crippen LogP contribution in [0.1, 0.15) is 17.7 Å². The maximum absolute atomic E-state index is 11.7. The molecule has 0 aliphatic rings. The van der Waals surface area contributed by atoms with E-state index in [-0.39, 0.29) is 5.91 Å². The summed E-state index contributed by atoms with van der Waals surface area (Å²) in [6.07, 6.45) is 2.97. The molecule has 0 aromatic carbocycles. The van der Waals surface area contributed by atoms with Gasteiger partial charge in [-0.15, -0.1) is 0 Å². The standard InChI is InChI=1S/C13H14N2OS/c1-10-2-4-12(8-14-10)15-13(16)5-3-11-6-7-17-9-11/h2,4,6-9H,3,5H2,1H3,(H,15,16). The number of carbonyl (C=O) groups is 1. The number of aryl methyl sites for hydroxylation is 2. The normalized spacial score (nSPS) is 10.2. The van der Waals surface area contributed by atoms with E-state index in [4.69, 9.17) is 0 Å². The van der Waals surface area contributed by atoms with E-state index in [0.29, 0.717) is 6.42 Å². The maximum Gasteiger partial charge on any atom is 0.224 e. The van der Waals surface area contributed by atoms with E-state index in [9.17, 15) is 4.79 Å². The molecular formula is C13H14N2OS. The van der Waals surface area contributed by atoms with Gasteiger partial charge in [-0.2, -0.15) is 11.3 Å². The molecule has 0 radical (unpaired) electrons. The summed E-state index contributed by atoms with van der Waals surface area (Å²) in [6.45, 7) is 1.92. The number of hydrogen-bond donors (Lipinski definition) is 1. The molecule has 2 heterocycles. The summed E-state index contributed by atoms with van der Waals surface area (Å²) < 4.78 is 0. The van der Waals surface area contributed by atoms with Crippen molar-refractivity contribution >= 4 is 22.9 Å². The van der Waals surface area contributed by atoms with Crippen LogP contribution in [0.3, 0.4) is 0 Å². The van der Waals surface area contributed by atoms with Gasteiger partial charge in [0.1, 0.15) is 0 Å². The quantitative estimate of drug-likeness (QED) is 0.901. The monoisotopic (exact) mass is 246 g/mol. The molecule has 0 saturated carbocycles. The van der Waals surface area contributed by atoms with Crippen molar-refractivity contribution in [3.05, 3.63) is 46.4 Å². The molecule has 88 valence electrons. The zero-order valence-electron chi connectivity index (χ0n) is 9.64. The number of hydrogen-bond acceptors (Lipinski definition) is 3. The molecule has 0 bridgehead atoms. The van der Waals surface area contributed by atoms with Crippen LogP contribution in [-0.2, 0) is 11.2 Å². The molecule has 0 spiro atoms. The lowest BCUT2D eigenvalue weighted by Crippen LogP contribution is -2.12. The van der Waals surface area contributed by atoms with Crippen LogP contribution in [0.5, 0.6) is 0 Å². The molecule has 3 nitrogen and oxygen atoms in total. The summed E-state index contributed by atoms with van der Waals surface area (Å²) in [4.78, 5) is 15.8. The minimum absolute atomic E-state index is 0.0295. The van der Waals surface area contributed by atoms with Gasteiger partial charge in [-0.3, -0.25) is 9.78 Å². The van der Waals surface area contributed by atoms with Crippen molar-refractivity contribution in [2.75, 3.05) is 5.32 Å². The van der Waals surface area contributed by atoms with Crippen LogP contribution in [0.4, 0.5) is 5.69 Å². The van der Waals surface area contributed by atoms with Gasteiger partial charge in [-0.1, -0.05) is 0 Å². The second-order valence-corrected chi connectivity index (χ2v) is 4.65. The number of anilines is 1. The number of thiophene rings is 1. The Hall–Kier alpha value is -1.68. The van der Waals surface area contributed by atoms with Crippen LogP contribution in [-0.4, -0.2) is 10.9 Å². The first-order chi connectivity index (χ1) is 8.24. The fraction of sp³-hybridized carbons (Fsp3) is 0.231. The Morgan fingerprint density at radius 3 is 2.94 bits per heavy atom. The summed E-state index contributed by atoms with van der Waals surface area (Å²) in [5.41, 5.74) is 2.92. The molecule has 17 heavy (non-hydrogen) atoms. The third kappa shape index (κ3) is 3.67. The van der Waals surface area contributed by atoms with Crippen LogP contribution in [0, 0.1) is 6.92 Å². The summed E-state index contributed by atoms with van der Waals surface area (Å²) in [5, 5.41) is 6.93. The Morgan fingerprint density at radius 1 is 1.41 bits per heavy atom. The second-order valence-electron chi connectivity index (χ2n) is 3.87. The lowest BCUT2D eigenvalue weighted by atomic mass is 10.2. The predicted molar refractivity (Wildman–Crippen MR) is 70.2 cm³/mol. The molecule has 1 amide bonds.